The number of methoxy groups -OCH3 is 1. The molecule has 1 aromatic carbocycles. The summed E-state index contributed by atoms with van der Waals surface area (Å²) in [5.74, 6) is -1.12. The van der Waals surface area contributed by atoms with Gasteiger partial charge >= 0.3 is 13.1 Å². The lowest BCUT2D eigenvalue weighted by Gasteiger charge is -2.32. The van der Waals surface area contributed by atoms with E-state index in [1.807, 2.05) is 27.7 Å². The zero-order valence-corrected chi connectivity index (χ0v) is 20.6. The van der Waals surface area contributed by atoms with E-state index in [1.165, 1.54) is 7.11 Å². The summed E-state index contributed by atoms with van der Waals surface area (Å²) in [4.78, 5) is 24.8. The molecule has 1 aliphatic heterocycles. The van der Waals surface area contributed by atoms with Crippen molar-refractivity contribution < 1.29 is 23.6 Å². The fourth-order valence-electron chi connectivity index (χ4n) is 4.47. The minimum Gasteiger partial charge on any atom is -0.465 e. The van der Waals surface area contributed by atoms with Gasteiger partial charge in [0.1, 0.15) is 5.56 Å². The van der Waals surface area contributed by atoms with Crippen LogP contribution in [-0.2, 0) is 14.0 Å². The maximum absolute atomic E-state index is 12.7. The molecule has 0 radical (unpaired) electrons. The molecule has 1 unspecified atom stereocenters. The van der Waals surface area contributed by atoms with E-state index < -0.39 is 30.2 Å². The van der Waals surface area contributed by atoms with Gasteiger partial charge in [0.2, 0.25) is 0 Å². The summed E-state index contributed by atoms with van der Waals surface area (Å²) in [6, 6.07) is 7.26. The summed E-state index contributed by atoms with van der Waals surface area (Å²) < 4.78 is 18.9. The van der Waals surface area contributed by atoms with E-state index in [4.69, 9.17) is 19.8 Å². The Balaban J connectivity index is 1.67. The average molecular weight is 479 g/mol. The van der Waals surface area contributed by atoms with Gasteiger partial charge in [-0.3, -0.25) is 9.48 Å². The van der Waals surface area contributed by atoms with Crippen molar-refractivity contribution in [3.8, 4) is 6.07 Å². The highest BCUT2D eigenvalue weighted by atomic mass is 16.7. The SMILES string of the molecule is COC(=O)c1cc(Nc2nn([C@H]3CCCC3C#N)cc2C(N)=O)ccc1B1OC(C)(C)C(C)(C)O1. The van der Waals surface area contributed by atoms with Gasteiger partial charge in [0.15, 0.2) is 5.82 Å². The number of rotatable bonds is 6. The van der Waals surface area contributed by atoms with E-state index in [-0.39, 0.29) is 28.9 Å². The predicted molar refractivity (Wildman–Crippen MR) is 130 cm³/mol. The Hall–Kier alpha value is -3.36. The number of nitrogens with one attached hydrogen (secondary N) is 1. The van der Waals surface area contributed by atoms with Crippen LogP contribution in [0, 0.1) is 17.2 Å². The molecule has 184 valence electrons. The molecule has 1 aliphatic carbocycles. The Morgan fingerprint density at radius 1 is 1.23 bits per heavy atom. The largest absolute Gasteiger partial charge is 0.495 e. The number of benzene rings is 1. The molecule has 2 aliphatic rings. The molecule has 1 amide bonds. The van der Waals surface area contributed by atoms with E-state index in [0.29, 0.717) is 11.2 Å². The lowest BCUT2D eigenvalue weighted by molar-refractivity contribution is 0.00578. The number of nitrogens with two attached hydrogens (primary N) is 1. The number of primary amides is 1. The van der Waals surface area contributed by atoms with Gasteiger partial charge < -0.3 is 25.1 Å². The first-order valence-corrected chi connectivity index (χ1v) is 11.6. The van der Waals surface area contributed by atoms with E-state index in [0.717, 1.165) is 19.3 Å². The summed E-state index contributed by atoms with van der Waals surface area (Å²) in [5.41, 5.74) is 5.94. The summed E-state index contributed by atoms with van der Waals surface area (Å²) in [7, 11) is 0.546. The predicted octanol–water partition coefficient (Wildman–Crippen LogP) is 2.68. The molecule has 0 spiro atoms. The summed E-state index contributed by atoms with van der Waals surface area (Å²) in [6.07, 6.45) is 4.08. The van der Waals surface area contributed by atoms with Gasteiger partial charge in [-0.1, -0.05) is 6.07 Å². The second kappa shape index (κ2) is 9.02. The number of anilines is 2. The number of carbonyl (C=O) groups is 2. The van der Waals surface area contributed by atoms with Crippen molar-refractivity contribution in [3.63, 3.8) is 0 Å². The standard InChI is InChI=1S/C24H30BN5O5/c1-23(2)24(3,4)35-25(34-23)18-10-9-15(11-16(18)22(32)33-5)28-21-17(20(27)31)13-30(29-21)19-8-6-7-14(19)12-26/h9-11,13-14,19H,6-8H2,1-5H3,(H2,27,31)(H,28,29)/t14?,19-/m0/s1. The van der Waals surface area contributed by atoms with Crippen LogP contribution in [0.5, 0.6) is 0 Å². The van der Waals surface area contributed by atoms with Crippen molar-refractivity contribution in [1.82, 2.24) is 9.78 Å². The van der Waals surface area contributed by atoms with Gasteiger partial charge in [-0.2, -0.15) is 10.4 Å². The van der Waals surface area contributed by atoms with Crippen LogP contribution in [0.15, 0.2) is 24.4 Å². The fourth-order valence-corrected chi connectivity index (χ4v) is 4.47. The van der Waals surface area contributed by atoms with Crippen molar-refractivity contribution in [1.29, 1.82) is 5.26 Å². The molecule has 2 fully saturated rings. The van der Waals surface area contributed by atoms with Crippen molar-refractivity contribution in [2.75, 3.05) is 12.4 Å². The molecule has 1 saturated carbocycles. The first kappa shape index (κ1) is 24.8. The van der Waals surface area contributed by atoms with Crippen molar-refractivity contribution in [2.45, 2.75) is 64.2 Å². The molecule has 0 bridgehead atoms. The molecular weight excluding hydrogens is 449 g/mol. The quantitative estimate of drug-likeness (QED) is 0.476. The van der Waals surface area contributed by atoms with Gasteiger partial charge in [-0.15, -0.1) is 0 Å². The van der Waals surface area contributed by atoms with Gasteiger partial charge in [-0.25, -0.2) is 4.79 Å². The Labute approximate surface area is 204 Å². The second-order valence-electron chi connectivity index (χ2n) is 9.98. The summed E-state index contributed by atoms with van der Waals surface area (Å²) in [5, 5.41) is 17.1. The monoisotopic (exact) mass is 479 g/mol. The molecule has 4 rings (SSSR count). The minimum absolute atomic E-state index is 0.120. The van der Waals surface area contributed by atoms with E-state index in [2.05, 4.69) is 16.5 Å². The number of nitrogens with zero attached hydrogens (tertiary/aromatic N) is 3. The number of hydrogen-bond acceptors (Lipinski definition) is 8. The third kappa shape index (κ3) is 4.51. The molecular formula is C24H30BN5O5. The van der Waals surface area contributed by atoms with Crippen LogP contribution in [0.2, 0.25) is 0 Å². The molecule has 2 atom stereocenters. The van der Waals surface area contributed by atoms with Crippen molar-refractivity contribution in [3.05, 3.63) is 35.5 Å². The lowest BCUT2D eigenvalue weighted by Crippen LogP contribution is -2.41. The molecule has 3 N–H and O–H groups in total. The molecule has 1 saturated heterocycles. The van der Waals surface area contributed by atoms with E-state index >= 15 is 0 Å². The van der Waals surface area contributed by atoms with Gasteiger partial charge in [0.25, 0.3) is 5.91 Å². The number of aromatic nitrogens is 2. The lowest BCUT2D eigenvalue weighted by atomic mass is 9.75. The number of esters is 1. The number of carbonyl (C=O) groups excluding carboxylic acids is 2. The van der Waals surface area contributed by atoms with Gasteiger partial charge in [0.05, 0.1) is 41.9 Å². The maximum atomic E-state index is 12.7. The molecule has 1 aromatic heterocycles. The Bertz CT molecular complexity index is 1190. The van der Waals surface area contributed by atoms with Crippen molar-refractivity contribution in [2.24, 2.45) is 11.7 Å². The highest BCUT2D eigenvalue weighted by Crippen LogP contribution is 2.38. The Morgan fingerprint density at radius 3 is 2.51 bits per heavy atom. The number of nitriles is 1. The Kier molecular flexibility index (Phi) is 6.38. The summed E-state index contributed by atoms with van der Waals surface area (Å²) in [6.45, 7) is 7.74. The van der Waals surface area contributed by atoms with Crippen LogP contribution in [0.4, 0.5) is 11.5 Å². The first-order valence-electron chi connectivity index (χ1n) is 11.6. The molecule has 11 heteroatoms. The topological polar surface area (TPSA) is 141 Å². The molecule has 2 aromatic rings. The number of amides is 1. The van der Waals surface area contributed by atoms with E-state index in [9.17, 15) is 14.9 Å². The normalized spacial score (nSPS) is 22.6. The zero-order chi connectivity index (χ0) is 25.5. The number of ether oxygens (including phenoxy) is 1. The third-order valence-electron chi connectivity index (χ3n) is 7.21. The van der Waals surface area contributed by atoms with Gasteiger partial charge in [0, 0.05) is 11.9 Å². The van der Waals surface area contributed by atoms with Crippen LogP contribution >= 0.6 is 0 Å². The third-order valence-corrected chi connectivity index (χ3v) is 7.21. The second-order valence-corrected chi connectivity index (χ2v) is 9.98. The smallest absolute Gasteiger partial charge is 0.465 e. The van der Waals surface area contributed by atoms with Crippen LogP contribution < -0.4 is 16.5 Å². The molecule has 10 nitrogen and oxygen atoms in total. The fraction of sp³-hybridized carbons (Fsp3) is 0.500. The van der Waals surface area contributed by atoms with E-state index in [1.54, 1.807) is 29.1 Å². The highest BCUT2D eigenvalue weighted by molar-refractivity contribution is 6.63. The molecule has 35 heavy (non-hydrogen) atoms. The maximum Gasteiger partial charge on any atom is 0.495 e. The zero-order valence-electron chi connectivity index (χ0n) is 20.6. The number of hydrogen-bond donors (Lipinski definition) is 2. The van der Waals surface area contributed by atoms with Crippen molar-refractivity contribution >= 4 is 36.0 Å². The van der Waals surface area contributed by atoms with Crippen LogP contribution in [0.1, 0.15) is 73.7 Å². The van der Waals surface area contributed by atoms with Crippen LogP contribution in [-0.4, -0.2) is 47.1 Å². The van der Waals surface area contributed by atoms with Crippen LogP contribution in [0.25, 0.3) is 0 Å². The molecule has 2 heterocycles. The first-order chi connectivity index (χ1) is 16.5. The van der Waals surface area contributed by atoms with Crippen LogP contribution in [0.3, 0.4) is 0 Å². The highest BCUT2D eigenvalue weighted by Gasteiger charge is 2.52. The average Bonchev–Trinajstić information content (AvgIpc) is 3.48. The Morgan fingerprint density at radius 2 is 1.91 bits per heavy atom. The minimum atomic E-state index is -0.756. The summed E-state index contributed by atoms with van der Waals surface area (Å²) >= 11 is 0. The van der Waals surface area contributed by atoms with Gasteiger partial charge in [-0.05, 0) is 64.6 Å².